The predicted octanol–water partition coefficient (Wildman–Crippen LogP) is 14.2. The molecule has 52 heavy (non-hydrogen) atoms. The molecule has 0 amide bonds. The van der Waals surface area contributed by atoms with E-state index in [0.29, 0.717) is 0 Å². The smallest absolute Gasteiger partial charge is 0.0159 e. The van der Waals surface area contributed by atoms with Gasteiger partial charge in [-0.3, -0.25) is 0 Å². The fraction of sp³-hybridized carbons (Fsp3) is 0.192. The Morgan fingerprint density at radius 3 is 0.885 bits per heavy atom. The first-order valence-electron chi connectivity index (χ1n) is 18.7. The van der Waals surface area contributed by atoms with Gasteiger partial charge in [-0.15, -0.1) is 0 Å². The first-order chi connectivity index (χ1) is 24.9. The van der Waals surface area contributed by atoms with Crippen molar-refractivity contribution >= 4 is 0 Å². The van der Waals surface area contributed by atoms with Gasteiger partial charge < -0.3 is 0 Å². The molecule has 0 saturated heterocycles. The molecule has 254 valence electrons. The topological polar surface area (TPSA) is 0 Å². The van der Waals surface area contributed by atoms with Crippen molar-refractivity contribution in [3.63, 3.8) is 0 Å². The number of benzene rings is 7. The molecule has 0 spiro atoms. The van der Waals surface area contributed by atoms with Gasteiger partial charge >= 0.3 is 0 Å². The van der Waals surface area contributed by atoms with Crippen LogP contribution in [-0.2, 0) is 10.8 Å². The summed E-state index contributed by atoms with van der Waals surface area (Å²) in [7, 11) is 0. The first-order valence-corrected chi connectivity index (χ1v) is 18.7. The molecule has 0 saturated carbocycles. The Balaban J connectivity index is 1.00. The lowest BCUT2D eigenvalue weighted by atomic mass is 9.81. The van der Waals surface area contributed by atoms with Crippen LogP contribution in [0.3, 0.4) is 0 Å². The predicted molar refractivity (Wildman–Crippen MR) is 222 cm³/mol. The van der Waals surface area contributed by atoms with Crippen molar-refractivity contribution in [3.05, 3.63) is 178 Å². The van der Waals surface area contributed by atoms with Crippen LogP contribution in [0.15, 0.2) is 133 Å². The minimum absolute atomic E-state index is 0.0111. The molecule has 2 aliphatic carbocycles. The molecule has 7 aromatic rings. The van der Waals surface area contributed by atoms with E-state index in [1.54, 1.807) is 0 Å². The molecule has 9 rings (SSSR count). The molecule has 0 radical (unpaired) electrons. The summed E-state index contributed by atoms with van der Waals surface area (Å²) < 4.78 is 0. The summed E-state index contributed by atoms with van der Waals surface area (Å²) in [5.41, 5.74) is 26.6. The summed E-state index contributed by atoms with van der Waals surface area (Å²) in [5, 5.41) is 0. The fourth-order valence-corrected chi connectivity index (χ4v) is 9.21. The Bertz CT molecular complexity index is 2370. The van der Waals surface area contributed by atoms with Crippen LogP contribution in [0.2, 0.25) is 0 Å². The highest BCUT2D eigenvalue weighted by molar-refractivity contribution is 5.95. The van der Waals surface area contributed by atoms with Crippen LogP contribution in [0.5, 0.6) is 0 Å². The van der Waals surface area contributed by atoms with Gasteiger partial charge in [-0.1, -0.05) is 183 Å². The summed E-state index contributed by atoms with van der Waals surface area (Å²) in [6, 6.07) is 50.8. The monoisotopic (exact) mass is 670 g/mol. The van der Waals surface area contributed by atoms with Crippen LogP contribution in [0.25, 0.3) is 66.8 Å². The van der Waals surface area contributed by atoms with Crippen LogP contribution >= 0.6 is 0 Å². The molecule has 0 fully saturated rings. The van der Waals surface area contributed by atoms with Crippen LogP contribution in [0, 0.1) is 27.7 Å². The lowest BCUT2D eigenvalue weighted by Crippen LogP contribution is -2.15. The molecular weight excluding hydrogens is 625 g/mol. The first kappa shape index (κ1) is 32.4. The summed E-state index contributed by atoms with van der Waals surface area (Å²) in [4.78, 5) is 0. The van der Waals surface area contributed by atoms with Crippen molar-refractivity contribution in [1.82, 2.24) is 0 Å². The lowest BCUT2D eigenvalue weighted by Gasteiger charge is -2.22. The maximum Gasteiger partial charge on any atom is 0.0159 e. The van der Waals surface area contributed by atoms with E-state index in [9.17, 15) is 0 Å². The van der Waals surface area contributed by atoms with E-state index < -0.39 is 0 Å². The van der Waals surface area contributed by atoms with Gasteiger partial charge in [-0.2, -0.15) is 0 Å². The Morgan fingerprint density at radius 1 is 0.269 bits per heavy atom. The molecule has 0 heteroatoms. The Morgan fingerprint density at radius 2 is 0.558 bits per heavy atom. The summed E-state index contributed by atoms with van der Waals surface area (Å²) in [6.45, 7) is 18.3. The number of hydrogen-bond donors (Lipinski definition) is 0. The van der Waals surface area contributed by atoms with E-state index in [-0.39, 0.29) is 10.8 Å². The fourth-order valence-electron chi connectivity index (χ4n) is 9.21. The van der Waals surface area contributed by atoms with Crippen molar-refractivity contribution < 1.29 is 0 Å². The molecule has 0 unspecified atom stereocenters. The summed E-state index contributed by atoms with van der Waals surface area (Å²) >= 11 is 0. The van der Waals surface area contributed by atoms with Gasteiger partial charge in [-0.05, 0) is 117 Å². The molecule has 0 bridgehead atoms. The summed E-state index contributed by atoms with van der Waals surface area (Å²) in [6.07, 6.45) is 0. The van der Waals surface area contributed by atoms with Gasteiger partial charge in [0.15, 0.2) is 0 Å². The second-order valence-electron chi connectivity index (χ2n) is 16.6. The molecule has 0 atom stereocenters. The number of hydrogen-bond acceptors (Lipinski definition) is 0. The zero-order valence-corrected chi connectivity index (χ0v) is 31.7. The van der Waals surface area contributed by atoms with E-state index >= 15 is 0 Å². The zero-order valence-electron chi connectivity index (χ0n) is 31.7. The number of fused-ring (bicyclic) bond motifs is 6. The average Bonchev–Trinajstić information content (AvgIpc) is 3.49. The van der Waals surface area contributed by atoms with E-state index in [0.717, 1.165) is 0 Å². The highest BCUT2D eigenvalue weighted by Crippen LogP contribution is 2.54. The van der Waals surface area contributed by atoms with E-state index in [4.69, 9.17) is 0 Å². The Hall–Kier alpha value is -5.46. The van der Waals surface area contributed by atoms with Gasteiger partial charge in [0.05, 0.1) is 0 Å². The van der Waals surface area contributed by atoms with Crippen LogP contribution in [-0.4, -0.2) is 0 Å². The van der Waals surface area contributed by atoms with Gasteiger partial charge in [-0.25, -0.2) is 0 Å². The highest BCUT2D eigenvalue weighted by atomic mass is 14.4. The number of rotatable bonds is 4. The van der Waals surface area contributed by atoms with E-state index in [1.807, 2.05) is 0 Å². The van der Waals surface area contributed by atoms with Crippen molar-refractivity contribution in [1.29, 1.82) is 0 Å². The molecule has 0 heterocycles. The molecule has 0 aromatic heterocycles. The van der Waals surface area contributed by atoms with Gasteiger partial charge in [0.1, 0.15) is 0 Å². The second kappa shape index (κ2) is 11.5. The third-order valence-corrected chi connectivity index (χ3v) is 12.1. The van der Waals surface area contributed by atoms with Gasteiger partial charge in [0.2, 0.25) is 0 Å². The molecule has 7 aromatic carbocycles. The average molecular weight is 671 g/mol. The highest BCUT2D eigenvalue weighted by Gasteiger charge is 2.38. The maximum atomic E-state index is 2.40. The van der Waals surface area contributed by atoms with Crippen molar-refractivity contribution in [2.45, 2.75) is 66.2 Å². The molecule has 0 aliphatic heterocycles. The zero-order chi connectivity index (χ0) is 36.1. The van der Waals surface area contributed by atoms with Gasteiger partial charge in [0.25, 0.3) is 0 Å². The minimum atomic E-state index is -0.0111. The van der Waals surface area contributed by atoms with E-state index in [2.05, 4.69) is 189 Å². The third-order valence-electron chi connectivity index (χ3n) is 12.1. The SMILES string of the molecule is Cc1ccc2c(c1)C(C)(C)c1cc(C)cc(-c3ccc(-c4ccc(-c5ccc(-c6cc(C)cc7c6-c6ccc(C)cc6C7(C)C)cc5)cc4)cc3)c1-2. The standard InChI is InChI=1S/C52H46/c1-31-9-23-41-45(27-31)51(5,6)47-29-33(3)25-43(49(41)47)39-19-15-37(16-20-39)35-11-13-36(14-12-35)38-17-21-40(22-18-38)44-26-34(4)30-48-50(44)42-24-10-32(2)28-46(42)52(48,7)8/h9-30H,1-8H3. The van der Waals surface area contributed by atoms with Crippen molar-refractivity contribution in [2.75, 3.05) is 0 Å². The quantitative estimate of drug-likeness (QED) is 0.175. The van der Waals surface area contributed by atoms with Crippen LogP contribution in [0.4, 0.5) is 0 Å². The minimum Gasteiger partial charge on any atom is -0.0587 e. The van der Waals surface area contributed by atoms with Crippen LogP contribution in [0.1, 0.15) is 72.2 Å². The second-order valence-corrected chi connectivity index (χ2v) is 16.6. The Labute approximate surface area is 309 Å². The molecular formula is C52H46. The van der Waals surface area contributed by atoms with Crippen molar-refractivity contribution in [3.8, 4) is 66.8 Å². The molecule has 0 N–H and O–H groups in total. The maximum absolute atomic E-state index is 2.40. The number of aryl methyl sites for hydroxylation is 4. The largest absolute Gasteiger partial charge is 0.0587 e. The van der Waals surface area contributed by atoms with Gasteiger partial charge in [0, 0.05) is 10.8 Å². The normalized spacial score (nSPS) is 14.5. The van der Waals surface area contributed by atoms with Crippen molar-refractivity contribution in [2.24, 2.45) is 0 Å². The lowest BCUT2D eigenvalue weighted by molar-refractivity contribution is 0.659. The third kappa shape index (κ3) is 4.95. The van der Waals surface area contributed by atoms with E-state index in [1.165, 1.54) is 111 Å². The molecule has 0 nitrogen and oxygen atoms in total. The van der Waals surface area contributed by atoms with Crippen LogP contribution < -0.4 is 0 Å². The molecule has 2 aliphatic rings. The summed E-state index contributed by atoms with van der Waals surface area (Å²) in [5.74, 6) is 0. The Kier molecular flexibility index (Phi) is 7.19.